The molecule has 4 aromatic heterocycles. The molecule has 6 N–H and O–H groups in total. The summed E-state index contributed by atoms with van der Waals surface area (Å²) >= 11 is 0. The van der Waals surface area contributed by atoms with E-state index in [1.807, 2.05) is 80.4 Å². The molecule has 125 heavy (non-hydrogen) atoms. The Morgan fingerprint density at radius 1 is 0.704 bits per heavy atom. The van der Waals surface area contributed by atoms with E-state index >= 15 is 0 Å². The molecular weight excluding hydrogens is 1600 g/mol. The highest BCUT2D eigenvalue weighted by molar-refractivity contribution is 6.38. The van der Waals surface area contributed by atoms with Crippen molar-refractivity contribution in [3.05, 3.63) is 142 Å². The maximum absolute atomic E-state index is 14.5. The van der Waals surface area contributed by atoms with Crippen LogP contribution in [0.5, 0.6) is 0 Å². The lowest BCUT2D eigenvalue weighted by Gasteiger charge is -2.36. The first-order chi connectivity index (χ1) is 60.6. The van der Waals surface area contributed by atoms with Crippen LogP contribution in [0, 0.1) is 29.1 Å². The minimum absolute atomic E-state index is 0.0508. The molecule has 12 rings (SSSR count). The van der Waals surface area contributed by atoms with Gasteiger partial charge in [0.05, 0.1) is 114 Å². The van der Waals surface area contributed by atoms with Gasteiger partial charge in [0.15, 0.2) is 0 Å². The SMILES string of the molecule is CO[C@H]1CC2CCCC(O2)C(=O)C(=O)N2CCCC[C@H]2C(=O)O[C@H](CC[C@H]2CC[C@H](OC(=O)N3CCc4nc(N5CCN(CCOCCOCCOCCOCCOCCC(=O)N6CCc7cc(CNc8ncnc(N)c8C(=N)c8cnc9[nH]ccc9c8)ccc7C6)CC5)ncc4C3)CC2)CC(=O)[C@H](C)/C=C(\C)[C@@H](O)CC(=O)[C@H](C)C[C@H](C)/C=C/C=C/C=C/1C. The van der Waals surface area contributed by atoms with Crippen LogP contribution in [0.2, 0.25) is 0 Å². The van der Waals surface area contributed by atoms with Crippen molar-refractivity contribution in [1.82, 2.24) is 49.5 Å². The van der Waals surface area contributed by atoms with Gasteiger partial charge in [-0.05, 0) is 156 Å². The van der Waals surface area contributed by atoms with E-state index in [0.717, 1.165) is 91.0 Å². The fraction of sp³-hybridized carbons (Fsp3) is 0.606. The zero-order chi connectivity index (χ0) is 88.1. The number of hydrogen-bond acceptors (Lipinski definition) is 27. The molecule has 7 aliphatic rings. The number of hydrogen-bond donors (Lipinski definition) is 5. The molecule has 31 heteroatoms. The molecule has 1 aromatic carbocycles. The van der Waals surface area contributed by atoms with E-state index in [0.29, 0.717) is 211 Å². The second-order valence-electron chi connectivity index (χ2n) is 34.5. The number of nitrogens with one attached hydrogen (secondary N) is 3. The summed E-state index contributed by atoms with van der Waals surface area (Å²) in [7, 11) is 1.64. The van der Waals surface area contributed by atoms with Crippen LogP contribution in [0.1, 0.15) is 183 Å². The Morgan fingerprint density at radius 3 is 2.20 bits per heavy atom. The first-order valence-electron chi connectivity index (χ1n) is 45.2. The summed E-state index contributed by atoms with van der Waals surface area (Å²) in [5.41, 5.74) is 14.9. The number of nitrogens with two attached hydrogens (primary N) is 1. The monoisotopic (exact) mass is 1730 g/mol. The van der Waals surface area contributed by atoms with Crippen LogP contribution in [-0.4, -0.2) is 270 Å². The van der Waals surface area contributed by atoms with E-state index in [-0.39, 0.29) is 97.0 Å². The highest BCUT2D eigenvalue weighted by Crippen LogP contribution is 2.35. The van der Waals surface area contributed by atoms with Crippen LogP contribution < -0.4 is 16.0 Å². The van der Waals surface area contributed by atoms with Crippen molar-refractivity contribution in [3.63, 3.8) is 0 Å². The number of nitrogens with zero attached hydrogens (tertiary/aromatic N) is 10. The van der Waals surface area contributed by atoms with Crippen LogP contribution in [0.25, 0.3) is 11.0 Å². The number of fused-ring (bicyclic) bond motifs is 6. The summed E-state index contributed by atoms with van der Waals surface area (Å²) in [6.07, 6.45) is 23.6. The molecule has 10 heterocycles. The average Bonchev–Trinajstić information content (AvgIpc) is 1.75. The van der Waals surface area contributed by atoms with Gasteiger partial charge in [-0.3, -0.25) is 34.3 Å². The average molecular weight is 1730 g/mol. The number of nitrogen functional groups attached to an aromatic ring is 1. The number of esters is 1. The van der Waals surface area contributed by atoms with Crippen LogP contribution >= 0.6 is 0 Å². The summed E-state index contributed by atoms with van der Waals surface area (Å²) in [6.45, 7) is 20.4. The number of cyclic esters (lactones) is 1. The molecule has 2 unspecified atom stereocenters. The lowest BCUT2D eigenvalue weighted by Crippen LogP contribution is -2.54. The van der Waals surface area contributed by atoms with E-state index in [4.69, 9.17) is 63.7 Å². The Balaban J connectivity index is 0.495. The maximum atomic E-state index is 14.5. The second kappa shape index (κ2) is 47.8. The Hall–Kier alpha value is -9.57. The number of ketones is 3. The summed E-state index contributed by atoms with van der Waals surface area (Å²) in [5, 5.41) is 24.5. The third-order valence-electron chi connectivity index (χ3n) is 25.3. The minimum atomic E-state index is -1.08. The number of allylic oxidation sites excluding steroid dienone is 6. The molecule has 6 aliphatic heterocycles. The van der Waals surface area contributed by atoms with Gasteiger partial charge in [0.25, 0.3) is 5.91 Å². The van der Waals surface area contributed by atoms with Gasteiger partial charge < -0.3 is 83.4 Å². The fourth-order valence-electron chi connectivity index (χ4n) is 17.6. The zero-order valence-electron chi connectivity index (χ0n) is 73.8. The number of methoxy groups -OCH3 is 1. The van der Waals surface area contributed by atoms with Gasteiger partial charge in [-0.25, -0.2) is 34.5 Å². The summed E-state index contributed by atoms with van der Waals surface area (Å²) < 4.78 is 53.5. The van der Waals surface area contributed by atoms with Gasteiger partial charge in [-0.15, -0.1) is 0 Å². The van der Waals surface area contributed by atoms with E-state index < -0.39 is 47.9 Å². The minimum Gasteiger partial charge on any atom is -0.460 e. The lowest BCUT2D eigenvalue weighted by molar-refractivity contribution is -0.167. The number of piperazine rings is 1. The normalized spacial score (nSPS) is 25.9. The van der Waals surface area contributed by atoms with Crippen molar-refractivity contribution in [2.24, 2.45) is 23.7 Å². The summed E-state index contributed by atoms with van der Waals surface area (Å²) in [5.74, 6) is -1.68. The largest absolute Gasteiger partial charge is 0.460 e. The summed E-state index contributed by atoms with van der Waals surface area (Å²) in [4.78, 5) is 133. The molecule has 0 spiro atoms. The second-order valence-corrected chi connectivity index (χ2v) is 34.5. The zero-order valence-corrected chi connectivity index (χ0v) is 73.8. The van der Waals surface area contributed by atoms with Crippen molar-refractivity contribution >= 4 is 75.6 Å². The number of aromatic amines is 1. The van der Waals surface area contributed by atoms with E-state index in [9.17, 15) is 38.7 Å². The molecule has 3 saturated heterocycles. The summed E-state index contributed by atoms with van der Waals surface area (Å²) in [6, 6.07) is 9.04. The number of carbonyl (C=O) groups is 7. The van der Waals surface area contributed by atoms with Gasteiger partial charge in [-0.2, -0.15) is 0 Å². The first kappa shape index (κ1) is 94.6. The molecule has 1 saturated carbocycles. The quantitative estimate of drug-likeness (QED) is 0.00976. The van der Waals surface area contributed by atoms with Gasteiger partial charge >= 0.3 is 12.1 Å². The smallest absolute Gasteiger partial charge is 0.410 e. The lowest BCUT2D eigenvalue weighted by atomic mass is 9.83. The number of pyridine rings is 1. The van der Waals surface area contributed by atoms with Crippen molar-refractivity contribution in [3.8, 4) is 0 Å². The molecule has 678 valence electrons. The molecular formula is C94H130N14O17. The Bertz CT molecular complexity index is 4580. The molecule has 9 atom stereocenters. The highest BCUT2D eigenvalue weighted by atomic mass is 16.6. The van der Waals surface area contributed by atoms with Gasteiger partial charge in [0, 0.05) is 145 Å². The molecule has 0 radical (unpaired) electrons. The van der Waals surface area contributed by atoms with Crippen LogP contribution in [0.15, 0.2) is 103 Å². The predicted molar refractivity (Wildman–Crippen MR) is 472 cm³/mol. The number of ether oxygens (including phenoxy) is 9. The molecule has 3 amide bonds. The van der Waals surface area contributed by atoms with Crippen molar-refractivity contribution in [2.45, 2.75) is 219 Å². The molecule has 5 aromatic rings. The number of rotatable bonds is 29. The van der Waals surface area contributed by atoms with Crippen molar-refractivity contribution in [1.29, 1.82) is 5.41 Å². The van der Waals surface area contributed by atoms with Gasteiger partial charge in [0.2, 0.25) is 17.6 Å². The number of piperidine rings is 1. The first-order valence-corrected chi connectivity index (χ1v) is 45.2. The highest BCUT2D eigenvalue weighted by Gasteiger charge is 2.42. The number of carbonyl (C=O) groups excluding carboxylic acids is 7. The molecule has 4 fully saturated rings. The number of anilines is 3. The third-order valence-corrected chi connectivity index (χ3v) is 25.3. The predicted octanol–water partition coefficient (Wildman–Crippen LogP) is 10.6. The van der Waals surface area contributed by atoms with Crippen LogP contribution in [0.4, 0.5) is 22.4 Å². The maximum Gasteiger partial charge on any atom is 0.410 e. The van der Waals surface area contributed by atoms with E-state index in [1.165, 1.54) is 16.8 Å². The molecule has 1 aliphatic carbocycles. The van der Waals surface area contributed by atoms with Gasteiger partial charge in [0.1, 0.15) is 59.5 Å². The number of aliphatic hydroxyl groups is 1. The van der Waals surface area contributed by atoms with Crippen molar-refractivity contribution in [2.75, 3.05) is 141 Å². The number of aromatic nitrogens is 6. The van der Waals surface area contributed by atoms with E-state index in [2.05, 4.69) is 47.2 Å². The number of benzene rings is 1. The van der Waals surface area contributed by atoms with Crippen LogP contribution in [-0.2, 0) is 104 Å². The molecule has 2 bridgehead atoms. The standard InChI is InChI=1S/C94H130N14O17/c1-62-13-8-7-9-14-63(2)83(117-6)54-75-15-12-17-82(123-75)87(113)91(114)108-31-11-10-16-78(108)92(115)124-76(53-79(109)65(4)50-66(5)81(111)55-80(110)64(3)49-62)25-21-67-19-23-74(24-20-67)125-94(116)107-33-28-77-73(60-107)58-100-93(103-77)105-36-34-104(35-37-105)38-40-119-42-44-121-46-48-122-47-45-120-43-41-118-39-29-84(112)106-32-27-69-51-68(18-22-71(69)59-106)56-98-90-85(88(96)101-61-102-90)86(95)72-52-70-26-30-97-89(70)99-57-72/h7-9,13-14,18,22,26,30,50-52,57-58,61-62,64-65,67,74-76,78,81-83,95,111H,10-12,15-17,19-21,23-25,27-29,31-49,53-56,59-60H2,1-6H3,(H,97,99)(H3,96,98,101,102)/b9-7+,13-8+,63-14+,66-50+,95-86?/t62-,64-,65-,67-,74-,75?,76-,78+,81+,82?,83+/m1/s1. The topological polar surface area (TPSA) is 381 Å². The van der Waals surface area contributed by atoms with Crippen molar-refractivity contribution < 1.29 is 81.3 Å². The fourth-order valence-corrected chi connectivity index (χ4v) is 17.6. The Labute approximate surface area is 734 Å². The number of amides is 3. The Morgan fingerprint density at radius 2 is 1.44 bits per heavy atom. The Kier molecular flexibility index (Phi) is 36.2. The number of H-pyrrole nitrogens is 1. The number of aliphatic hydroxyl groups excluding tert-OH is 1. The van der Waals surface area contributed by atoms with Gasteiger partial charge in [-0.1, -0.05) is 75.4 Å². The van der Waals surface area contributed by atoms with Crippen LogP contribution in [0.3, 0.4) is 0 Å². The third kappa shape index (κ3) is 27.7. The molecule has 31 nitrogen and oxygen atoms in total. The number of Topliss-reactive ketones (excluding diaryl/α,β-unsaturated/α-hetero) is 3. The van der Waals surface area contributed by atoms with E-state index in [1.54, 1.807) is 44.3 Å².